The van der Waals surface area contributed by atoms with Gasteiger partial charge < -0.3 is 14.4 Å². The molecule has 0 aliphatic rings. The van der Waals surface area contributed by atoms with E-state index in [0.29, 0.717) is 0 Å². The second-order valence-electron chi connectivity index (χ2n) is 2.53. The molecular weight excluding hydrogens is 172 g/mol. The summed E-state index contributed by atoms with van der Waals surface area (Å²) in [7, 11) is 0. The minimum atomic E-state index is -1.12. The molecule has 1 aromatic heterocycles. The molecule has 1 heterocycles. The van der Waals surface area contributed by atoms with Gasteiger partial charge in [-0.05, 0) is 6.92 Å². The molecule has 1 aromatic rings. The van der Waals surface area contributed by atoms with Crippen molar-refractivity contribution in [2.45, 2.75) is 19.6 Å². The number of rotatable bonds is 4. The van der Waals surface area contributed by atoms with Crippen molar-refractivity contribution in [1.82, 2.24) is 9.55 Å². The van der Waals surface area contributed by atoms with Gasteiger partial charge >= 0.3 is 5.97 Å². The monoisotopic (exact) mass is 184 g/mol. The number of imidazole rings is 1. The van der Waals surface area contributed by atoms with E-state index in [1.807, 2.05) is 0 Å². The van der Waals surface area contributed by atoms with E-state index < -0.39 is 12.1 Å². The van der Waals surface area contributed by atoms with Crippen molar-refractivity contribution in [3.05, 3.63) is 18.7 Å². The van der Waals surface area contributed by atoms with Gasteiger partial charge in [0.05, 0.1) is 19.5 Å². The number of hydrogen-bond donors (Lipinski definition) is 1. The lowest BCUT2D eigenvalue weighted by molar-refractivity contribution is -0.153. The fourth-order valence-electron chi connectivity index (χ4n) is 0.907. The number of nitrogens with zero attached hydrogens (tertiary/aromatic N) is 2. The first-order valence-corrected chi connectivity index (χ1v) is 4.04. The summed E-state index contributed by atoms with van der Waals surface area (Å²) in [6.07, 6.45) is 3.66. The Balaban J connectivity index is 2.41. The van der Waals surface area contributed by atoms with E-state index in [4.69, 9.17) is 0 Å². The van der Waals surface area contributed by atoms with Gasteiger partial charge in [-0.1, -0.05) is 0 Å². The Morgan fingerprint density at radius 3 is 3.08 bits per heavy atom. The summed E-state index contributed by atoms with van der Waals surface area (Å²) in [6.45, 7) is 2.15. The lowest BCUT2D eigenvalue weighted by Crippen LogP contribution is -2.27. The number of aromatic nitrogens is 2. The standard InChI is InChI=1S/C8H12N2O3/c1-2-13-8(12)7(11)5-10-4-3-9-6-10/h3-4,6-7,11H,2,5H2,1H3. The predicted octanol–water partition coefficient (Wildman–Crippen LogP) is -0.193. The van der Waals surface area contributed by atoms with Crippen LogP contribution in [0.3, 0.4) is 0 Å². The zero-order chi connectivity index (χ0) is 9.68. The predicted molar refractivity (Wildman–Crippen MR) is 44.9 cm³/mol. The Hall–Kier alpha value is -1.36. The molecule has 0 amide bonds. The van der Waals surface area contributed by atoms with Gasteiger partial charge in [0.2, 0.25) is 0 Å². The third kappa shape index (κ3) is 2.87. The second-order valence-corrected chi connectivity index (χ2v) is 2.53. The van der Waals surface area contributed by atoms with Gasteiger partial charge in [-0.2, -0.15) is 0 Å². The summed E-state index contributed by atoms with van der Waals surface area (Å²) in [5, 5.41) is 9.30. The van der Waals surface area contributed by atoms with Crippen molar-refractivity contribution in [3.63, 3.8) is 0 Å². The maximum Gasteiger partial charge on any atom is 0.336 e. The van der Waals surface area contributed by atoms with Gasteiger partial charge in [0.25, 0.3) is 0 Å². The van der Waals surface area contributed by atoms with E-state index >= 15 is 0 Å². The van der Waals surface area contributed by atoms with Gasteiger partial charge in [-0.3, -0.25) is 0 Å². The molecule has 0 aliphatic carbocycles. The highest BCUT2D eigenvalue weighted by atomic mass is 16.5. The molecule has 72 valence electrons. The van der Waals surface area contributed by atoms with Gasteiger partial charge in [0, 0.05) is 12.4 Å². The maximum atomic E-state index is 11.0. The molecule has 1 atom stereocenters. The summed E-state index contributed by atoms with van der Waals surface area (Å²) in [5.41, 5.74) is 0. The van der Waals surface area contributed by atoms with Crippen molar-refractivity contribution in [1.29, 1.82) is 0 Å². The van der Waals surface area contributed by atoms with Crippen LogP contribution in [0.4, 0.5) is 0 Å². The third-order valence-corrected chi connectivity index (χ3v) is 1.50. The first-order valence-electron chi connectivity index (χ1n) is 4.04. The summed E-state index contributed by atoms with van der Waals surface area (Å²) >= 11 is 0. The zero-order valence-corrected chi connectivity index (χ0v) is 7.38. The van der Waals surface area contributed by atoms with E-state index in [-0.39, 0.29) is 13.2 Å². The second kappa shape index (κ2) is 4.61. The molecule has 0 bridgehead atoms. The third-order valence-electron chi connectivity index (χ3n) is 1.50. The van der Waals surface area contributed by atoms with Crippen LogP contribution in [-0.4, -0.2) is 33.3 Å². The Morgan fingerprint density at radius 1 is 1.77 bits per heavy atom. The largest absolute Gasteiger partial charge is 0.464 e. The minimum absolute atomic E-state index is 0.179. The molecule has 0 fully saturated rings. The SMILES string of the molecule is CCOC(=O)C(O)Cn1ccnc1. The molecule has 1 rings (SSSR count). The topological polar surface area (TPSA) is 64.3 Å². The van der Waals surface area contributed by atoms with E-state index in [1.54, 1.807) is 23.9 Å². The van der Waals surface area contributed by atoms with Gasteiger partial charge in [0.1, 0.15) is 0 Å². The van der Waals surface area contributed by atoms with E-state index in [1.165, 1.54) is 6.33 Å². The Bertz CT molecular complexity index is 258. The fraction of sp³-hybridized carbons (Fsp3) is 0.500. The van der Waals surface area contributed by atoms with Crippen molar-refractivity contribution >= 4 is 5.97 Å². The van der Waals surface area contributed by atoms with Crippen molar-refractivity contribution in [2.75, 3.05) is 6.61 Å². The fourth-order valence-corrected chi connectivity index (χ4v) is 0.907. The summed E-state index contributed by atoms with van der Waals surface area (Å²) in [4.78, 5) is 14.7. The maximum absolute atomic E-state index is 11.0. The van der Waals surface area contributed by atoms with Gasteiger partial charge in [-0.25, -0.2) is 9.78 Å². The number of esters is 1. The summed E-state index contributed by atoms with van der Waals surface area (Å²) in [6, 6.07) is 0. The highest BCUT2D eigenvalue weighted by molar-refractivity contribution is 5.74. The average Bonchev–Trinajstić information content (AvgIpc) is 2.57. The first kappa shape index (κ1) is 9.73. The number of ether oxygens (including phenoxy) is 1. The first-order chi connectivity index (χ1) is 6.24. The molecule has 1 N–H and O–H groups in total. The number of aliphatic hydroxyl groups excluding tert-OH is 1. The van der Waals surface area contributed by atoms with Crippen LogP contribution in [0.25, 0.3) is 0 Å². The zero-order valence-electron chi connectivity index (χ0n) is 7.38. The number of hydrogen-bond acceptors (Lipinski definition) is 4. The quantitative estimate of drug-likeness (QED) is 0.658. The van der Waals surface area contributed by atoms with E-state index in [9.17, 15) is 9.90 Å². The molecule has 5 nitrogen and oxygen atoms in total. The van der Waals surface area contributed by atoms with Gasteiger partial charge in [0.15, 0.2) is 6.10 Å². The van der Waals surface area contributed by atoms with Gasteiger partial charge in [-0.15, -0.1) is 0 Å². The Labute approximate surface area is 76.0 Å². The van der Waals surface area contributed by atoms with E-state index in [2.05, 4.69) is 9.72 Å². The van der Waals surface area contributed by atoms with Crippen LogP contribution in [0.2, 0.25) is 0 Å². The molecular formula is C8H12N2O3. The molecule has 5 heteroatoms. The molecule has 0 radical (unpaired) electrons. The lowest BCUT2D eigenvalue weighted by atomic mass is 10.3. The van der Waals surface area contributed by atoms with Crippen LogP contribution in [0.5, 0.6) is 0 Å². The van der Waals surface area contributed by atoms with Crippen molar-refractivity contribution < 1.29 is 14.6 Å². The minimum Gasteiger partial charge on any atom is -0.464 e. The molecule has 0 aromatic carbocycles. The number of carbonyl (C=O) groups is 1. The molecule has 0 saturated carbocycles. The molecule has 1 unspecified atom stereocenters. The summed E-state index contributed by atoms with van der Waals surface area (Å²) in [5.74, 6) is -0.601. The lowest BCUT2D eigenvalue weighted by Gasteiger charge is -2.09. The molecule has 0 saturated heterocycles. The number of aliphatic hydroxyl groups is 1. The number of carbonyl (C=O) groups excluding carboxylic acids is 1. The van der Waals surface area contributed by atoms with Crippen molar-refractivity contribution in [3.8, 4) is 0 Å². The normalized spacial score (nSPS) is 12.5. The van der Waals surface area contributed by atoms with Crippen LogP contribution < -0.4 is 0 Å². The summed E-state index contributed by atoms with van der Waals surface area (Å²) < 4.78 is 6.24. The molecule has 0 spiro atoms. The molecule has 0 aliphatic heterocycles. The van der Waals surface area contributed by atoms with Crippen LogP contribution in [0.1, 0.15) is 6.92 Å². The highest BCUT2D eigenvalue weighted by Crippen LogP contribution is 1.94. The van der Waals surface area contributed by atoms with Crippen LogP contribution in [0.15, 0.2) is 18.7 Å². The van der Waals surface area contributed by atoms with Crippen LogP contribution in [0, 0.1) is 0 Å². The Kier molecular flexibility index (Phi) is 3.45. The van der Waals surface area contributed by atoms with Crippen molar-refractivity contribution in [2.24, 2.45) is 0 Å². The average molecular weight is 184 g/mol. The molecule has 13 heavy (non-hydrogen) atoms. The highest BCUT2D eigenvalue weighted by Gasteiger charge is 2.15. The van der Waals surface area contributed by atoms with Crippen LogP contribution in [-0.2, 0) is 16.1 Å². The van der Waals surface area contributed by atoms with E-state index in [0.717, 1.165) is 0 Å². The smallest absolute Gasteiger partial charge is 0.336 e. The Morgan fingerprint density at radius 2 is 2.54 bits per heavy atom. The van der Waals surface area contributed by atoms with Crippen LogP contribution >= 0.6 is 0 Å².